The van der Waals surface area contributed by atoms with Crippen LogP contribution in [0, 0.1) is 5.92 Å². The molecule has 2 amide bonds. The van der Waals surface area contributed by atoms with Crippen molar-refractivity contribution in [1.82, 2.24) is 4.98 Å². The Hall–Kier alpha value is -2.73. The summed E-state index contributed by atoms with van der Waals surface area (Å²) in [5.41, 5.74) is 7.01. The lowest BCUT2D eigenvalue weighted by Gasteiger charge is -2.11. The molecule has 0 saturated heterocycles. The number of benzene rings is 1. The Labute approximate surface area is 140 Å². The summed E-state index contributed by atoms with van der Waals surface area (Å²) >= 11 is 0. The number of pyridine rings is 1. The third-order valence-corrected chi connectivity index (χ3v) is 4.15. The summed E-state index contributed by atoms with van der Waals surface area (Å²) in [4.78, 5) is 28.4. The monoisotopic (exact) mass is 324 g/mol. The fourth-order valence-corrected chi connectivity index (χ4v) is 2.82. The summed E-state index contributed by atoms with van der Waals surface area (Å²) in [5.74, 6) is 0.160. The Balaban J connectivity index is 1.57. The first-order valence-electron chi connectivity index (χ1n) is 8.01. The first-order valence-corrected chi connectivity index (χ1v) is 8.01. The molecule has 1 aromatic carbocycles. The van der Waals surface area contributed by atoms with Gasteiger partial charge in [-0.2, -0.15) is 0 Å². The molecule has 4 N–H and O–H groups in total. The molecule has 0 radical (unpaired) electrons. The van der Waals surface area contributed by atoms with Crippen molar-refractivity contribution in [3.8, 4) is 0 Å². The Bertz CT molecular complexity index is 716. The molecule has 6 nitrogen and oxygen atoms in total. The lowest BCUT2D eigenvalue weighted by Crippen LogP contribution is -2.23. The van der Waals surface area contributed by atoms with Crippen molar-refractivity contribution in [3.63, 3.8) is 0 Å². The SMILES string of the molecule is NC1CCC(C(=O)Nc2ccc(NC(=O)c3ccccc3)nc2)C1. The fraction of sp³-hybridized carbons (Fsp3) is 0.278. The van der Waals surface area contributed by atoms with E-state index in [2.05, 4.69) is 15.6 Å². The van der Waals surface area contributed by atoms with Gasteiger partial charge in [0.15, 0.2) is 0 Å². The maximum absolute atomic E-state index is 12.1. The molecule has 1 aliphatic carbocycles. The quantitative estimate of drug-likeness (QED) is 0.804. The third-order valence-electron chi connectivity index (χ3n) is 4.15. The van der Waals surface area contributed by atoms with Crippen LogP contribution in [0.4, 0.5) is 11.5 Å². The maximum atomic E-state index is 12.1. The van der Waals surface area contributed by atoms with Gasteiger partial charge in [-0.25, -0.2) is 4.98 Å². The number of rotatable bonds is 4. The summed E-state index contributed by atoms with van der Waals surface area (Å²) in [7, 11) is 0. The highest BCUT2D eigenvalue weighted by Crippen LogP contribution is 2.25. The molecule has 124 valence electrons. The summed E-state index contributed by atoms with van der Waals surface area (Å²) in [5, 5.41) is 5.57. The predicted octanol–water partition coefficient (Wildman–Crippen LogP) is 2.40. The second-order valence-electron chi connectivity index (χ2n) is 6.01. The topological polar surface area (TPSA) is 97.1 Å². The predicted molar refractivity (Wildman–Crippen MR) is 92.6 cm³/mol. The van der Waals surface area contributed by atoms with Crippen LogP contribution in [0.1, 0.15) is 29.6 Å². The van der Waals surface area contributed by atoms with E-state index < -0.39 is 0 Å². The van der Waals surface area contributed by atoms with Crippen LogP contribution in [0.25, 0.3) is 0 Å². The van der Waals surface area contributed by atoms with E-state index in [1.165, 1.54) is 6.20 Å². The molecule has 6 heteroatoms. The normalized spacial score (nSPS) is 19.7. The van der Waals surface area contributed by atoms with Crippen molar-refractivity contribution < 1.29 is 9.59 Å². The van der Waals surface area contributed by atoms with Crippen molar-refractivity contribution in [2.45, 2.75) is 25.3 Å². The van der Waals surface area contributed by atoms with Crippen LogP contribution in [0.5, 0.6) is 0 Å². The van der Waals surface area contributed by atoms with E-state index in [1.54, 1.807) is 36.4 Å². The van der Waals surface area contributed by atoms with Crippen molar-refractivity contribution in [3.05, 3.63) is 54.2 Å². The number of hydrogen-bond donors (Lipinski definition) is 3. The Kier molecular flexibility index (Phi) is 4.86. The van der Waals surface area contributed by atoms with Crippen LogP contribution in [0.15, 0.2) is 48.7 Å². The highest BCUT2D eigenvalue weighted by atomic mass is 16.2. The summed E-state index contributed by atoms with van der Waals surface area (Å²) in [6.07, 6.45) is 3.98. The van der Waals surface area contributed by atoms with Gasteiger partial charge in [0, 0.05) is 17.5 Å². The van der Waals surface area contributed by atoms with Crippen molar-refractivity contribution in [1.29, 1.82) is 0 Å². The van der Waals surface area contributed by atoms with Gasteiger partial charge in [0.05, 0.1) is 11.9 Å². The summed E-state index contributed by atoms with van der Waals surface area (Å²) < 4.78 is 0. The third kappa shape index (κ3) is 3.97. The van der Waals surface area contributed by atoms with Crippen LogP contribution >= 0.6 is 0 Å². The van der Waals surface area contributed by atoms with Crippen LogP contribution in [-0.4, -0.2) is 22.8 Å². The largest absolute Gasteiger partial charge is 0.328 e. The van der Waals surface area contributed by atoms with Crippen LogP contribution in [-0.2, 0) is 4.79 Å². The highest BCUT2D eigenvalue weighted by Gasteiger charge is 2.27. The zero-order chi connectivity index (χ0) is 16.9. The number of nitrogens with two attached hydrogens (primary N) is 1. The molecule has 2 atom stereocenters. The number of anilines is 2. The number of nitrogens with one attached hydrogen (secondary N) is 2. The van der Waals surface area contributed by atoms with Gasteiger partial charge in [0.2, 0.25) is 5.91 Å². The first kappa shape index (κ1) is 16.1. The number of amides is 2. The van der Waals surface area contributed by atoms with Gasteiger partial charge in [0.25, 0.3) is 5.91 Å². The molecule has 2 unspecified atom stereocenters. The minimum atomic E-state index is -0.222. The van der Waals surface area contributed by atoms with Gasteiger partial charge in [-0.1, -0.05) is 18.2 Å². The van der Waals surface area contributed by atoms with E-state index in [0.29, 0.717) is 17.1 Å². The van der Waals surface area contributed by atoms with Crippen molar-refractivity contribution in [2.24, 2.45) is 11.7 Å². The van der Waals surface area contributed by atoms with Crippen LogP contribution < -0.4 is 16.4 Å². The van der Waals surface area contributed by atoms with E-state index in [1.807, 2.05) is 6.07 Å². The maximum Gasteiger partial charge on any atom is 0.256 e. The van der Waals surface area contributed by atoms with Gasteiger partial charge in [-0.05, 0) is 43.5 Å². The van der Waals surface area contributed by atoms with Crippen molar-refractivity contribution in [2.75, 3.05) is 10.6 Å². The fourth-order valence-electron chi connectivity index (χ4n) is 2.82. The molecule has 0 spiro atoms. The average Bonchev–Trinajstić information content (AvgIpc) is 3.04. The number of carbonyl (C=O) groups is 2. The number of hydrogen-bond acceptors (Lipinski definition) is 4. The molecule has 2 aromatic rings. The average molecular weight is 324 g/mol. The minimum absolute atomic E-state index is 0.0224. The van der Waals surface area contributed by atoms with Crippen LogP contribution in [0.3, 0.4) is 0 Å². The van der Waals surface area contributed by atoms with Crippen molar-refractivity contribution >= 4 is 23.3 Å². The molecular weight excluding hydrogens is 304 g/mol. The lowest BCUT2D eigenvalue weighted by molar-refractivity contribution is -0.119. The molecule has 0 bridgehead atoms. The molecule has 1 fully saturated rings. The molecule has 0 aliphatic heterocycles. The van der Waals surface area contributed by atoms with Gasteiger partial charge in [-0.15, -0.1) is 0 Å². The van der Waals surface area contributed by atoms with E-state index >= 15 is 0 Å². The zero-order valence-corrected chi connectivity index (χ0v) is 13.2. The Morgan fingerprint density at radius 2 is 1.83 bits per heavy atom. The molecular formula is C18H20N4O2. The molecule has 1 aromatic heterocycles. The summed E-state index contributed by atoms with van der Waals surface area (Å²) in [6.45, 7) is 0. The van der Waals surface area contributed by atoms with Gasteiger partial charge >= 0.3 is 0 Å². The molecule has 1 heterocycles. The standard InChI is InChI=1S/C18H20N4O2/c19-14-7-6-13(10-14)18(24)21-15-8-9-16(20-11-15)22-17(23)12-4-2-1-3-5-12/h1-5,8-9,11,13-14H,6-7,10,19H2,(H,21,24)(H,20,22,23). The highest BCUT2D eigenvalue weighted by molar-refractivity contribution is 6.03. The number of carbonyl (C=O) groups excluding carboxylic acids is 2. The van der Waals surface area contributed by atoms with E-state index in [0.717, 1.165) is 19.3 Å². The van der Waals surface area contributed by atoms with E-state index in [4.69, 9.17) is 5.73 Å². The number of nitrogens with zero attached hydrogens (tertiary/aromatic N) is 1. The lowest BCUT2D eigenvalue weighted by atomic mass is 10.1. The second-order valence-corrected chi connectivity index (χ2v) is 6.01. The van der Waals surface area contributed by atoms with E-state index in [9.17, 15) is 9.59 Å². The van der Waals surface area contributed by atoms with Gasteiger partial charge in [-0.3, -0.25) is 9.59 Å². The zero-order valence-electron chi connectivity index (χ0n) is 13.2. The number of aromatic nitrogens is 1. The Morgan fingerprint density at radius 1 is 1.04 bits per heavy atom. The molecule has 1 saturated carbocycles. The second kappa shape index (κ2) is 7.23. The Morgan fingerprint density at radius 3 is 2.46 bits per heavy atom. The molecule has 3 rings (SSSR count). The summed E-state index contributed by atoms with van der Waals surface area (Å²) in [6, 6.07) is 12.4. The first-order chi connectivity index (χ1) is 11.6. The van der Waals surface area contributed by atoms with Gasteiger partial charge < -0.3 is 16.4 Å². The minimum Gasteiger partial charge on any atom is -0.328 e. The van der Waals surface area contributed by atoms with Crippen LogP contribution in [0.2, 0.25) is 0 Å². The smallest absolute Gasteiger partial charge is 0.256 e. The van der Waals surface area contributed by atoms with E-state index in [-0.39, 0.29) is 23.8 Å². The molecule has 1 aliphatic rings. The van der Waals surface area contributed by atoms with Gasteiger partial charge in [0.1, 0.15) is 5.82 Å². The molecule has 24 heavy (non-hydrogen) atoms.